The summed E-state index contributed by atoms with van der Waals surface area (Å²) in [7, 11) is 0. The molecule has 28 heavy (non-hydrogen) atoms. The first-order valence-electron chi connectivity index (χ1n) is 8.88. The molecular formula is C19H20F2N4O2S. The van der Waals surface area contributed by atoms with Crippen molar-refractivity contribution >= 4 is 34.7 Å². The highest BCUT2D eigenvalue weighted by molar-refractivity contribution is 7.80. The number of anilines is 2. The van der Waals surface area contributed by atoms with E-state index in [9.17, 15) is 13.6 Å². The Balaban J connectivity index is 1.69. The molecule has 1 amide bonds. The predicted octanol–water partition coefficient (Wildman–Crippen LogP) is 3.09. The summed E-state index contributed by atoms with van der Waals surface area (Å²) < 4.78 is 34.1. The van der Waals surface area contributed by atoms with Crippen LogP contribution in [0.15, 0.2) is 29.8 Å². The Hall–Kier alpha value is -2.73. The number of thiocarbonyl (C=S) groups is 1. The first-order valence-corrected chi connectivity index (χ1v) is 9.29. The third-order valence-corrected chi connectivity index (χ3v) is 4.88. The summed E-state index contributed by atoms with van der Waals surface area (Å²) in [5.74, 6) is -0.540. The van der Waals surface area contributed by atoms with Crippen LogP contribution in [0.2, 0.25) is 0 Å². The van der Waals surface area contributed by atoms with E-state index in [1.165, 1.54) is 23.1 Å². The molecule has 0 radical (unpaired) electrons. The van der Waals surface area contributed by atoms with Crippen LogP contribution in [0, 0.1) is 17.1 Å². The van der Waals surface area contributed by atoms with Crippen LogP contribution in [0.4, 0.5) is 25.0 Å². The maximum atomic E-state index is 14.7. The van der Waals surface area contributed by atoms with Gasteiger partial charge in [0.05, 0.1) is 42.1 Å². The van der Waals surface area contributed by atoms with Crippen molar-refractivity contribution in [2.45, 2.75) is 25.6 Å². The zero-order chi connectivity index (χ0) is 20.3. The number of nitrogens with one attached hydrogen (secondary N) is 1. The number of ether oxygens (including phenoxy) is 1. The van der Waals surface area contributed by atoms with E-state index >= 15 is 0 Å². The van der Waals surface area contributed by atoms with E-state index in [1.807, 2.05) is 6.07 Å². The number of nitrogens with zero attached hydrogens (tertiary/aromatic N) is 3. The van der Waals surface area contributed by atoms with Gasteiger partial charge in [0.15, 0.2) is 0 Å². The summed E-state index contributed by atoms with van der Waals surface area (Å²) in [6.45, 7) is 2.81. The Bertz CT molecular complexity index is 855. The molecule has 1 N–H and O–H groups in total. The lowest BCUT2D eigenvalue weighted by Gasteiger charge is -2.32. The second-order valence-corrected chi connectivity index (χ2v) is 7.31. The molecule has 2 aliphatic rings. The molecule has 3 rings (SSSR count). The fourth-order valence-corrected chi connectivity index (χ4v) is 3.39. The molecule has 1 aromatic carbocycles. The molecule has 0 saturated carbocycles. The second-order valence-electron chi connectivity index (χ2n) is 6.70. The van der Waals surface area contributed by atoms with E-state index in [4.69, 9.17) is 22.2 Å². The number of rotatable bonds is 4. The fourth-order valence-electron chi connectivity index (χ4n) is 3.30. The topological polar surface area (TPSA) is 68.6 Å². The largest absolute Gasteiger partial charge is 0.442 e. The van der Waals surface area contributed by atoms with Gasteiger partial charge in [0.1, 0.15) is 18.1 Å². The van der Waals surface area contributed by atoms with Crippen molar-refractivity contribution in [2.75, 3.05) is 36.0 Å². The normalized spacial score (nSPS) is 23.5. The van der Waals surface area contributed by atoms with Crippen LogP contribution in [0.25, 0.3) is 0 Å². The van der Waals surface area contributed by atoms with Gasteiger partial charge in [-0.25, -0.2) is 13.6 Å². The van der Waals surface area contributed by atoms with Gasteiger partial charge in [0.25, 0.3) is 0 Å². The highest BCUT2D eigenvalue weighted by Gasteiger charge is 2.33. The number of amides is 1. The standard InChI is InChI=1S/C19H20F2N4O2S/c1-12(28)23-9-15-10-25(19(26)27-15)14-2-3-18(16(20)8-14)24-7-5-13(4-6-22)17(21)11-24/h2-4,8,15,17H,5,7,9-11H2,1H3,(H,23,28)/b13-4-. The number of carbonyl (C=O) groups excluding carboxylic acids is 1. The van der Waals surface area contributed by atoms with Gasteiger partial charge >= 0.3 is 6.09 Å². The van der Waals surface area contributed by atoms with Gasteiger partial charge in [-0.05, 0) is 37.1 Å². The number of hydrogen-bond acceptors (Lipinski definition) is 5. The van der Waals surface area contributed by atoms with Crippen molar-refractivity contribution in [2.24, 2.45) is 0 Å². The highest BCUT2D eigenvalue weighted by atomic mass is 32.1. The number of cyclic esters (lactones) is 1. The van der Waals surface area contributed by atoms with Crippen LogP contribution in [0.1, 0.15) is 13.3 Å². The van der Waals surface area contributed by atoms with Crippen molar-refractivity contribution in [3.8, 4) is 6.07 Å². The van der Waals surface area contributed by atoms with Crippen LogP contribution in [0.5, 0.6) is 0 Å². The fraction of sp³-hybridized carbons (Fsp3) is 0.421. The van der Waals surface area contributed by atoms with E-state index in [0.29, 0.717) is 35.8 Å². The Labute approximate surface area is 167 Å². The predicted molar refractivity (Wildman–Crippen MR) is 106 cm³/mol. The molecule has 0 bridgehead atoms. The molecule has 2 unspecified atom stereocenters. The Kier molecular flexibility index (Phi) is 6.09. The van der Waals surface area contributed by atoms with E-state index in [1.54, 1.807) is 17.9 Å². The van der Waals surface area contributed by atoms with Gasteiger partial charge in [0, 0.05) is 12.6 Å². The molecule has 0 aromatic heterocycles. The van der Waals surface area contributed by atoms with E-state index < -0.39 is 18.1 Å². The van der Waals surface area contributed by atoms with Crippen molar-refractivity contribution < 1.29 is 18.3 Å². The van der Waals surface area contributed by atoms with Gasteiger partial charge < -0.3 is 15.0 Å². The average Bonchev–Trinajstić information content (AvgIpc) is 3.02. The number of nitriles is 1. The van der Waals surface area contributed by atoms with Crippen LogP contribution in [0.3, 0.4) is 0 Å². The molecule has 2 fully saturated rings. The maximum Gasteiger partial charge on any atom is 0.414 e. The second kappa shape index (κ2) is 8.52. The van der Waals surface area contributed by atoms with Crippen LogP contribution in [-0.2, 0) is 4.74 Å². The minimum Gasteiger partial charge on any atom is -0.442 e. The summed E-state index contributed by atoms with van der Waals surface area (Å²) in [5, 5.41) is 11.6. The summed E-state index contributed by atoms with van der Waals surface area (Å²) in [6.07, 6.45) is -0.653. The minimum absolute atomic E-state index is 0.0137. The summed E-state index contributed by atoms with van der Waals surface area (Å²) in [5.41, 5.74) is 1.08. The summed E-state index contributed by atoms with van der Waals surface area (Å²) in [4.78, 5) is 15.7. The molecule has 0 spiro atoms. The lowest BCUT2D eigenvalue weighted by Crippen LogP contribution is -2.38. The minimum atomic E-state index is -1.31. The van der Waals surface area contributed by atoms with Crippen molar-refractivity contribution in [3.05, 3.63) is 35.7 Å². The van der Waals surface area contributed by atoms with Crippen LogP contribution < -0.4 is 15.1 Å². The van der Waals surface area contributed by atoms with Gasteiger partial charge in [-0.15, -0.1) is 0 Å². The quantitative estimate of drug-likeness (QED) is 0.612. The van der Waals surface area contributed by atoms with E-state index in [-0.39, 0.29) is 24.9 Å². The molecule has 2 aliphatic heterocycles. The average molecular weight is 406 g/mol. The monoisotopic (exact) mass is 406 g/mol. The lowest BCUT2D eigenvalue weighted by molar-refractivity contribution is 0.143. The number of piperidine rings is 1. The molecule has 1 aromatic rings. The molecule has 2 atom stereocenters. The number of carbonyl (C=O) groups is 1. The van der Waals surface area contributed by atoms with Crippen molar-refractivity contribution in [1.82, 2.24) is 5.32 Å². The van der Waals surface area contributed by atoms with E-state index in [0.717, 1.165) is 0 Å². The molecular weight excluding hydrogens is 386 g/mol. The first kappa shape index (κ1) is 20.0. The summed E-state index contributed by atoms with van der Waals surface area (Å²) >= 11 is 4.94. The van der Waals surface area contributed by atoms with Gasteiger partial charge in [-0.3, -0.25) is 4.90 Å². The van der Waals surface area contributed by atoms with Gasteiger partial charge in [-0.1, -0.05) is 12.2 Å². The highest BCUT2D eigenvalue weighted by Crippen LogP contribution is 2.31. The van der Waals surface area contributed by atoms with Crippen LogP contribution in [-0.4, -0.2) is 49.5 Å². The molecule has 9 heteroatoms. The molecule has 2 heterocycles. The third kappa shape index (κ3) is 4.39. The smallest absolute Gasteiger partial charge is 0.414 e. The van der Waals surface area contributed by atoms with Crippen molar-refractivity contribution in [1.29, 1.82) is 5.26 Å². The zero-order valence-electron chi connectivity index (χ0n) is 15.3. The first-order chi connectivity index (χ1) is 13.4. The van der Waals surface area contributed by atoms with Gasteiger partial charge in [-0.2, -0.15) is 5.26 Å². The summed E-state index contributed by atoms with van der Waals surface area (Å²) in [6, 6.07) is 6.25. The lowest BCUT2D eigenvalue weighted by atomic mass is 10.0. The number of hydrogen-bond donors (Lipinski definition) is 1. The third-order valence-electron chi connectivity index (χ3n) is 4.74. The number of benzene rings is 1. The Morgan fingerprint density at radius 2 is 2.29 bits per heavy atom. The number of halogens is 2. The van der Waals surface area contributed by atoms with Crippen molar-refractivity contribution in [3.63, 3.8) is 0 Å². The van der Waals surface area contributed by atoms with Crippen LogP contribution >= 0.6 is 12.2 Å². The van der Waals surface area contributed by atoms with Gasteiger partial charge in [0.2, 0.25) is 0 Å². The maximum absolute atomic E-state index is 14.7. The molecule has 0 aliphatic carbocycles. The molecule has 148 valence electrons. The molecule has 6 nitrogen and oxygen atoms in total. The number of allylic oxidation sites excluding steroid dienone is 1. The molecule has 2 saturated heterocycles. The Morgan fingerprint density at radius 1 is 1.50 bits per heavy atom. The van der Waals surface area contributed by atoms with E-state index in [2.05, 4.69) is 5.32 Å². The zero-order valence-corrected chi connectivity index (χ0v) is 16.1. The number of alkyl halides is 1. The Morgan fingerprint density at radius 3 is 2.93 bits per heavy atom. The SMILES string of the molecule is CC(=S)NCC1CN(c2ccc(N3CC/C(=C/C#N)C(F)C3)c(F)c2)C(=O)O1.